The molecule has 3 atom stereocenters. The summed E-state index contributed by atoms with van der Waals surface area (Å²) in [6.45, 7) is 8.91. The fourth-order valence-electron chi connectivity index (χ4n) is 1.22. The second-order valence-corrected chi connectivity index (χ2v) is 3.58. The molecule has 2 N–H and O–H groups in total. The second-order valence-electron chi connectivity index (χ2n) is 3.58. The zero-order valence-electron chi connectivity index (χ0n) is 7.72. The van der Waals surface area contributed by atoms with Gasteiger partial charge in [0.2, 0.25) is 0 Å². The van der Waals surface area contributed by atoms with E-state index >= 15 is 0 Å². The van der Waals surface area contributed by atoms with E-state index in [1.54, 1.807) is 0 Å². The fourth-order valence-corrected chi connectivity index (χ4v) is 1.22. The smallest absolute Gasteiger partial charge is 0.00131 e. The predicted octanol–water partition coefficient (Wildman–Crippen LogP) is 2.41. The van der Waals surface area contributed by atoms with Crippen LogP contribution in [-0.4, -0.2) is 6.04 Å². The Balaban J connectivity index is 3.50. The Bertz CT molecular complexity index is 78.8. The predicted molar refractivity (Wildman–Crippen MR) is 46.9 cm³/mol. The van der Waals surface area contributed by atoms with Crippen LogP contribution in [-0.2, 0) is 0 Å². The van der Waals surface area contributed by atoms with Crippen LogP contribution in [0.25, 0.3) is 0 Å². The number of nitrogens with two attached hydrogens (primary N) is 1. The van der Waals surface area contributed by atoms with Gasteiger partial charge in [0.15, 0.2) is 0 Å². The highest BCUT2D eigenvalue weighted by molar-refractivity contribution is 4.65. The second kappa shape index (κ2) is 4.73. The Morgan fingerprint density at radius 1 is 1.10 bits per heavy atom. The Labute approximate surface area is 65.0 Å². The molecule has 0 aliphatic carbocycles. The first kappa shape index (κ1) is 9.96. The molecule has 0 aromatic heterocycles. The summed E-state index contributed by atoms with van der Waals surface area (Å²) in [5, 5.41) is 0. The van der Waals surface area contributed by atoms with E-state index in [0.717, 1.165) is 18.3 Å². The minimum Gasteiger partial charge on any atom is -0.328 e. The summed E-state index contributed by atoms with van der Waals surface area (Å²) in [4.78, 5) is 0. The normalized spacial score (nSPS) is 20.1. The number of hydrogen-bond donors (Lipinski definition) is 1. The minimum absolute atomic E-state index is 0.365. The van der Waals surface area contributed by atoms with Crippen molar-refractivity contribution in [3.05, 3.63) is 0 Å². The van der Waals surface area contributed by atoms with Crippen molar-refractivity contribution < 1.29 is 0 Å². The lowest BCUT2D eigenvalue weighted by Crippen LogP contribution is -2.21. The Hall–Kier alpha value is -0.0400. The summed E-state index contributed by atoms with van der Waals surface area (Å²) in [5.74, 6) is 1.61. The molecule has 0 aliphatic rings. The van der Waals surface area contributed by atoms with Gasteiger partial charge in [0, 0.05) is 6.04 Å². The summed E-state index contributed by atoms with van der Waals surface area (Å²) >= 11 is 0. The van der Waals surface area contributed by atoms with Crippen molar-refractivity contribution in [2.75, 3.05) is 0 Å². The average Bonchev–Trinajstić information content (AvgIpc) is 1.85. The van der Waals surface area contributed by atoms with Crippen molar-refractivity contribution in [3.63, 3.8) is 0 Å². The molecule has 0 rings (SSSR count). The first-order valence-corrected chi connectivity index (χ1v) is 4.33. The van der Waals surface area contributed by atoms with E-state index in [-0.39, 0.29) is 0 Å². The van der Waals surface area contributed by atoms with Crippen LogP contribution < -0.4 is 5.73 Å². The van der Waals surface area contributed by atoms with Crippen molar-refractivity contribution in [1.82, 2.24) is 0 Å². The van der Waals surface area contributed by atoms with E-state index in [4.69, 9.17) is 5.73 Å². The van der Waals surface area contributed by atoms with Crippen molar-refractivity contribution in [2.45, 2.75) is 46.6 Å². The summed E-state index contributed by atoms with van der Waals surface area (Å²) < 4.78 is 0. The third-order valence-electron chi connectivity index (χ3n) is 2.36. The highest BCUT2D eigenvalue weighted by Gasteiger charge is 2.11. The lowest BCUT2D eigenvalue weighted by molar-refractivity contribution is 0.336. The molecule has 0 aliphatic heterocycles. The van der Waals surface area contributed by atoms with E-state index in [1.807, 2.05) is 0 Å². The summed E-state index contributed by atoms with van der Waals surface area (Å²) in [6.07, 6.45) is 2.43. The molecule has 0 spiro atoms. The van der Waals surface area contributed by atoms with E-state index < -0.39 is 0 Å². The van der Waals surface area contributed by atoms with E-state index in [2.05, 4.69) is 27.7 Å². The van der Waals surface area contributed by atoms with Gasteiger partial charge in [0.25, 0.3) is 0 Å². The van der Waals surface area contributed by atoms with Crippen LogP contribution in [0.5, 0.6) is 0 Å². The van der Waals surface area contributed by atoms with Crippen molar-refractivity contribution in [1.29, 1.82) is 0 Å². The van der Waals surface area contributed by atoms with Gasteiger partial charge in [-0.15, -0.1) is 0 Å². The molecular formula is C9H21N. The maximum atomic E-state index is 5.69. The Morgan fingerprint density at radius 2 is 1.60 bits per heavy atom. The zero-order chi connectivity index (χ0) is 8.15. The average molecular weight is 143 g/mol. The van der Waals surface area contributed by atoms with Crippen LogP contribution in [0.2, 0.25) is 0 Å². The lowest BCUT2D eigenvalue weighted by Gasteiger charge is -2.19. The zero-order valence-corrected chi connectivity index (χ0v) is 7.72. The van der Waals surface area contributed by atoms with Crippen LogP contribution in [0.1, 0.15) is 40.5 Å². The first-order chi connectivity index (χ1) is 4.57. The van der Waals surface area contributed by atoms with Gasteiger partial charge in [-0.2, -0.15) is 0 Å². The van der Waals surface area contributed by atoms with Gasteiger partial charge >= 0.3 is 0 Å². The Morgan fingerprint density at radius 3 is 1.90 bits per heavy atom. The molecule has 62 valence electrons. The molecule has 0 aromatic carbocycles. The minimum atomic E-state index is 0.365. The van der Waals surface area contributed by atoms with Gasteiger partial charge in [-0.25, -0.2) is 0 Å². The Kier molecular flexibility index (Phi) is 4.71. The number of hydrogen-bond acceptors (Lipinski definition) is 1. The first-order valence-electron chi connectivity index (χ1n) is 4.33. The molecule has 1 unspecified atom stereocenters. The van der Waals surface area contributed by atoms with Crippen LogP contribution in [0, 0.1) is 11.8 Å². The SMILES string of the molecule is CC[C@@H](C)C(C)C[C@H](C)N. The summed E-state index contributed by atoms with van der Waals surface area (Å²) in [5.41, 5.74) is 5.69. The van der Waals surface area contributed by atoms with Crippen molar-refractivity contribution in [3.8, 4) is 0 Å². The van der Waals surface area contributed by atoms with E-state index in [9.17, 15) is 0 Å². The summed E-state index contributed by atoms with van der Waals surface area (Å²) in [6, 6.07) is 0.365. The molecule has 0 aromatic rings. The summed E-state index contributed by atoms with van der Waals surface area (Å²) in [7, 11) is 0. The van der Waals surface area contributed by atoms with Gasteiger partial charge in [-0.1, -0.05) is 27.2 Å². The third kappa shape index (κ3) is 3.89. The standard InChI is InChI=1S/C9H21N/c1-5-7(2)8(3)6-9(4)10/h7-9H,5-6,10H2,1-4H3/t7-,8?,9+/m1/s1. The third-order valence-corrected chi connectivity index (χ3v) is 2.36. The van der Waals surface area contributed by atoms with Crippen LogP contribution in [0.3, 0.4) is 0 Å². The largest absolute Gasteiger partial charge is 0.328 e. The molecule has 1 heteroatoms. The van der Waals surface area contributed by atoms with Gasteiger partial charge in [0.1, 0.15) is 0 Å². The van der Waals surface area contributed by atoms with Gasteiger partial charge in [0.05, 0.1) is 0 Å². The maximum absolute atomic E-state index is 5.69. The monoisotopic (exact) mass is 143 g/mol. The molecular weight excluding hydrogens is 122 g/mol. The highest BCUT2D eigenvalue weighted by atomic mass is 14.6. The molecule has 0 amide bonds. The molecule has 0 heterocycles. The maximum Gasteiger partial charge on any atom is 0.00131 e. The van der Waals surface area contributed by atoms with Gasteiger partial charge in [-0.3, -0.25) is 0 Å². The molecule has 1 nitrogen and oxygen atoms in total. The molecule has 0 radical (unpaired) electrons. The molecule has 0 saturated carbocycles. The van der Waals surface area contributed by atoms with Gasteiger partial charge in [-0.05, 0) is 25.2 Å². The van der Waals surface area contributed by atoms with Gasteiger partial charge < -0.3 is 5.73 Å². The van der Waals surface area contributed by atoms with Crippen LogP contribution in [0.15, 0.2) is 0 Å². The quantitative estimate of drug-likeness (QED) is 0.642. The van der Waals surface area contributed by atoms with Crippen molar-refractivity contribution >= 4 is 0 Å². The highest BCUT2D eigenvalue weighted by Crippen LogP contribution is 2.18. The van der Waals surface area contributed by atoms with E-state index in [1.165, 1.54) is 6.42 Å². The molecule has 0 saturated heterocycles. The van der Waals surface area contributed by atoms with Crippen LogP contribution >= 0.6 is 0 Å². The number of rotatable bonds is 4. The molecule has 0 fully saturated rings. The van der Waals surface area contributed by atoms with Crippen molar-refractivity contribution in [2.24, 2.45) is 17.6 Å². The lowest BCUT2D eigenvalue weighted by atomic mass is 9.89. The topological polar surface area (TPSA) is 26.0 Å². The van der Waals surface area contributed by atoms with E-state index in [0.29, 0.717) is 6.04 Å². The van der Waals surface area contributed by atoms with Crippen LogP contribution in [0.4, 0.5) is 0 Å². The fraction of sp³-hybridized carbons (Fsp3) is 1.00. The molecule has 10 heavy (non-hydrogen) atoms. The molecule has 0 bridgehead atoms.